The van der Waals surface area contributed by atoms with Gasteiger partial charge in [-0.1, -0.05) is 6.07 Å². The topological polar surface area (TPSA) is 46.9 Å². The number of hydrogen-bond acceptors (Lipinski definition) is 4. The molecule has 0 saturated heterocycles. The Morgan fingerprint density at radius 3 is 2.82 bits per heavy atom. The van der Waals surface area contributed by atoms with Crippen molar-refractivity contribution in [3.05, 3.63) is 62.2 Å². The lowest BCUT2D eigenvalue weighted by atomic mass is 10.2. The molecule has 1 atom stereocenters. The molecule has 3 rings (SSSR count). The number of amides is 1. The summed E-state index contributed by atoms with van der Waals surface area (Å²) in [4.78, 5) is 13.4. The van der Waals surface area contributed by atoms with Crippen molar-refractivity contribution in [1.82, 2.24) is 15.1 Å². The second kappa shape index (κ2) is 6.46. The van der Waals surface area contributed by atoms with Crippen LogP contribution in [0.15, 0.2) is 40.4 Å². The number of carbonyl (C=O) groups is 1. The second-order valence-electron chi connectivity index (χ2n) is 5.12. The summed E-state index contributed by atoms with van der Waals surface area (Å²) in [6.45, 7) is 4.55. The van der Waals surface area contributed by atoms with E-state index in [1.165, 1.54) is 16.2 Å². The minimum atomic E-state index is -0.0377. The number of carbonyl (C=O) groups excluding carboxylic acids is 1. The average molecular weight is 331 g/mol. The number of rotatable bonds is 5. The van der Waals surface area contributed by atoms with E-state index < -0.39 is 0 Å². The van der Waals surface area contributed by atoms with E-state index in [0.717, 1.165) is 11.4 Å². The Kier molecular flexibility index (Phi) is 4.40. The Morgan fingerprint density at radius 1 is 1.36 bits per heavy atom. The summed E-state index contributed by atoms with van der Waals surface area (Å²) in [6.07, 6.45) is 0. The van der Waals surface area contributed by atoms with Gasteiger partial charge < -0.3 is 5.32 Å². The van der Waals surface area contributed by atoms with Gasteiger partial charge in [0.25, 0.3) is 5.91 Å². The van der Waals surface area contributed by atoms with Crippen molar-refractivity contribution < 1.29 is 4.79 Å². The van der Waals surface area contributed by atoms with Gasteiger partial charge in [-0.2, -0.15) is 16.4 Å². The van der Waals surface area contributed by atoms with E-state index in [1.807, 2.05) is 41.4 Å². The number of thiophene rings is 2. The van der Waals surface area contributed by atoms with E-state index in [4.69, 9.17) is 0 Å². The maximum atomic E-state index is 12.2. The van der Waals surface area contributed by atoms with Crippen LogP contribution in [0.25, 0.3) is 0 Å². The smallest absolute Gasteiger partial charge is 0.252 e. The van der Waals surface area contributed by atoms with Gasteiger partial charge in [-0.15, -0.1) is 11.3 Å². The Labute approximate surface area is 137 Å². The van der Waals surface area contributed by atoms with Crippen LogP contribution in [-0.4, -0.2) is 22.2 Å². The molecule has 0 fully saturated rings. The quantitative estimate of drug-likeness (QED) is 0.776. The minimum absolute atomic E-state index is 0.0243. The lowest BCUT2D eigenvalue weighted by Crippen LogP contribution is -2.31. The molecule has 0 radical (unpaired) electrons. The molecule has 3 aromatic heterocycles. The molecule has 1 unspecified atom stereocenters. The molecule has 0 aliphatic carbocycles. The van der Waals surface area contributed by atoms with E-state index in [1.54, 1.807) is 11.3 Å². The molecule has 0 aromatic carbocycles. The summed E-state index contributed by atoms with van der Waals surface area (Å²) < 4.78 is 2.00. The van der Waals surface area contributed by atoms with Gasteiger partial charge in [0, 0.05) is 28.1 Å². The first kappa shape index (κ1) is 15.0. The minimum Gasteiger partial charge on any atom is -0.349 e. The maximum absolute atomic E-state index is 12.2. The number of aromatic nitrogens is 2. The first-order valence-corrected chi connectivity index (χ1v) is 8.84. The van der Waals surface area contributed by atoms with Crippen molar-refractivity contribution >= 4 is 28.6 Å². The van der Waals surface area contributed by atoms with Gasteiger partial charge >= 0.3 is 0 Å². The summed E-state index contributed by atoms with van der Waals surface area (Å²) in [6, 6.07) is 8.03. The fraction of sp³-hybridized carbons (Fsp3) is 0.250. The lowest BCUT2D eigenvalue weighted by Gasteiger charge is -2.18. The third-order valence-electron chi connectivity index (χ3n) is 3.45. The van der Waals surface area contributed by atoms with Crippen LogP contribution in [0, 0.1) is 13.8 Å². The SMILES string of the molecule is Cc1cc(C)n(C(CNC(=O)c2ccsc2)c2cccs2)n1. The zero-order chi connectivity index (χ0) is 15.5. The van der Waals surface area contributed by atoms with Crippen LogP contribution >= 0.6 is 22.7 Å². The maximum Gasteiger partial charge on any atom is 0.252 e. The summed E-state index contributed by atoms with van der Waals surface area (Å²) in [5.74, 6) is -0.0377. The number of nitrogens with zero attached hydrogens (tertiary/aromatic N) is 2. The highest BCUT2D eigenvalue weighted by atomic mass is 32.1. The summed E-state index contributed by atoms with van der Waals surface area (Å²) in [7, 11) is 0. The zero-order valence-electron chi connectivity index (χ0n) is 12.4. The normalized spacial score (nSPS) is 12.3. The molecule has 0 aliphatic heterocycles. The zero-order valence-corrected chi connectivity index (χ0v) is 14.1. The number of aryl methyl sites for hydroxylation is 2. The van der Waals surface area contributed by atoms with Crippen LogP contribution in [0.5, 0.6) is 0 Å². The molecule has 3 aromatic rings. The molecule has 3 heterocycles. The first-order chi connectivity index (χ1) is 10.6. The van der Waals surface area contributed by atoms with Gasteiger partial charge in [-0.3, -0.25) is 9.48 Å². The molecule has 114 valence electrons. The van der Waals surface area contributed by atoms with Gasteiger partial charge in [0.2, 0.25) is 0 Å². The molecule has 4 nitrogen and oxygen atoms in total. The molecule has 0 spiro atoms. The largest absolute Gasteiger partial charge is 0.349 e. The Morgan fingerprint density at radius 2 is 2.23 bits per heavy atom. The van der Waals surface area contributed by atoms with E-state index in [2.05, 4.69) is 27.9 Å². The first-order valence-electron chi connectivity index (χ1n) is 7.01. The third-order valence-corrected chi connectivity index (χ3v) is 5.11. The highest BCUT2D eigenvalue weighted by molar-refractivity contribution is 7.10. The van der Waals surface area contributed by atoms with Crippen molar-refractivity contribution in [2.24, 2.45) is 0 Å². The van der Waals surface area contributed by atoms with Crippen molar-refractivity contribution in [2.45, 2.75) is 19.9 Å². The van der Waals surface area contributed by atoms with Crippen LogP contribution in [0.4, 0.5) is 0 Å². The highest BCUT2D eigenvalue weighted by Crippen LogP contribution is 2.24. The second-order valence-corrected chi connectivity index (χ2v) is 6.88. The van der Waals surface area contributed by atoms with Crippen molar-refractivity contribution in [1.29, 1.82) is 0 Å². The van der Waals surface area contributed by atoms with Gasteiger partial charge in [0.1, 0.15) is 6.04 Å². The van der Waals surface area contributed by atoms with E-state index in [9.17, 15) is 4.79 Å². The monoisotopic (exact) mass is 331 g/mol. The Hall–Kier alpha value is -1.92. The fourth-order valence-electron chi connectivity index (χ4n) is 2.44. The molecule has 0 saturated carbocycles. The van der Waals surface area contributed by atoms with E-state index in [0.29, 0.717) is 12.1 Å². The van der Waals surface area contributed by atoms with E-state index >= 15 is 0 Å². The summed E-state index contributed by atoms with van der Waals surface area (Å²) in [5, 5.41) is 13.4. The van der Waals surface area contributed by atoms with Gasteiger partial charge in [-0.25, -0.2) is 0 Å². The summed E-state index contributed by atoms with van der Waals surface area (Å²) in [5.41, 5.74) is 2.80. The third kappa shape index (κ3) is 3.13. The van der Waals surface area contributed by atoms with Crippen molar-refractivity contribution in [3.63, 3.8) is 0 Å². The van der Waals surface area contributed by atoms with Crippen LogP contribution in [0.2, 0.25) is 0 Å². The standard InChI is InChI=1S/C16H17N3OS2/c1-11-8-12(2)19(18-11)14(15-4-3-6-22-15)9-17-16(20)13-5-7-21-10-13/h3-8,10,14H,9H2,1-2H3,(H,17,20). The highest BCUT2D eigenvalue weighted by Gasteiger charge is 2.19. The predicted molar refractivity (Wildman–Crippen MR) is 90.8 cm³/mol. The van der Waals surface area contributed by atoms with Crippen LogP contribution in [-0.2, 0) is 0 Å². The molecule has 22 heavy (non-hydrogen) atoms. The molecule has 6 heteroatoms. The van der Waals surface area contributed by atoms with Crippen molar-refractivity contribution in [2.75, 3.05) is 6.54 Å². The number of hydrogen-bond donors (Lipinski definition) is 1. The summed E-state index contributed by atoms with van der Waals surface area (Å²) >= 11 is 3.21. The number of nitrogens with one attached hydrogen (secondary N) is 1. The fourth-order valence-corrected chi connectivity index (χ4v) is 3.88. The molecule has 1 amide bonds. The van der Waals surface area contributed by atoms with E-state index in [-0.39, 0.29) is 11.9 Å². The average Bonchev–Trinajstić information content (AvgIpc) is 3.22. The molecular formula is C16H17N3OS2. The van der Waals surface area contributed by atoms with Crippen LogP contribution < -0.4 is 5.32 Å². The molecular weight excluding hydrogens is 314 g/mol. The Balaban J connectivity index is 1.81. The molecule has 1 N–H and O–H groups in total. The molecule has 0 bridgehead atoms. The van der Waals surface area contributed by atoms with Gasteiger partial charge in [0.15, 0.2) is 0 Å². The van der Waals surface area contributed by atoms with Crippen LogP contribution in [0.3, 0.4) is 0 Å². The van der Waals surface area contributed by atoms with Gasteiger partial charge in [0.05, 0.1) is 5.69 Å². The lowest BCUT2D eigenvalue weighted by molar-refractivity contribution is 0.0949. The Bertz CT molecular complexity index is 745. The molecule has 0 aliphatic rings. The predicted octanol–water partition coefficient (Wildman–Crippen LogP) is 3.64. The van der Waals surface area contributed by atoms with Gasteiger partial charge in [-0.05, 0) is 42.8 Å². The van der Waals surface area contributed by atoms with Crippen molar-refractivity contribution in [3.8, 4) is 0 Å². The van der Waals surface area contributed by atoms with Crippen LogP contribution in [0.1, 0.15) is 32.7 Å².